The molecule has 1 aliphatic rings. The van der Waals surface area contributed by atoms with Crippen LogP contribution < -0.4 is 4.31 Å². The Labute approximate surface area is 126 Å². The van der Waals surface area contributed by atoms with Crippen molar-refractivity contribution in [3.63, 3.8) is 0 Å². The van der Waals surface area contributed by atoms with Gasteiger partial charge in [0.05, 0.1) is 11.4 Å². The molecule has 0 aliphatic carbocycles. The Morgan fingerprint density at radius 1 is 1.10 bits per heavy atom. The molecule has 110 valence electrons. The summed E-state index contributed by atoms with van der Waals surface area (Å²) < 4.78 is 27.0. The first-order chi connectivity index (χ1) is 9.97. The summed E-state index contributed by atoms with van der Waals surface area (Å²) >= 11 is 0. The maximum atomic E-state index is 12.7. The first-order valence-corrected chi connectivity index (χ1v) is 8.73. The van der Waals surface area contributed by atoms with Crippen molar-refractivity contribution in [3.05, 3.63) is 65.2 Å². The molecule has 0 N–H and O–H groups in total. The van der Waals surface area contributed by atoms with Crippen LogP contribution in [0.1, 0.15) is 29.5 Å². The number of hydrogen-bond donors (Lipinski definition) is 0. The zero-order valence-corrected chi connectivity index (χ0v) is 13.1. The molecule has 4 heteroatoms. The van der Waals surface area contributed by atoms with Crippen molar-refractivity contribution in [1.82, 2.24) is 0 Å². The van der Waals surface area contributed by atoms with E-state index in [1.54, 1.807) is 4.31 Å². The second-order valence-corrected chi connectivity index (χ2v) is 7.63. The summed E-state index contributed by atoms with van der Waals surface area (Å²) in [6.07, 6.45) is 0. The van der Waals surface area contributed by atoms with Crippen molar-refractivity contribution in [2.45, 2.75) is 25.5 Å². The molecule has 21 heavy (non-hydrogen) atoms. The van der Waals surface area contributed by atoms with Crippen LogP contribution >= 0.6 is 0 Å². The molecule has 0 amide bonds. The van der Waals surface area contributed by atoms with Gasteiger partial charge in [-0.05, 0) is 24.1 Å². The number of rotatable bonds is 3. The number of aryl methyl sites for hydroxylation is 1. The quantitative estimate of drug-likeness (QED) is 0.871. The van der Waals surface area contributed by atoms with Crippen molar-refractivity contribution in [3.8, 4) is 0 Å². The van der Waals surface area contributed by atoms with Crippen LogP contribution in [-0.2, 0) is 15.8 Å². The first kappa shape index (κ1) is 14.1. The lowest BCUT2D eigenvalue weighted by Gasteiger charge is -2.20. The molecule has 1 atom stereocenters. The van der Waals surface area contributed by atoms with Crippen molar-refractivity contribution < 1.29 is 8.42 Å². The molecule has 0 fully saturated rings. The van der Waals surface area contributed by atoms with Crippen LogP contribution in [0.4, 0.5) is 5.69 Å². The van der Waals surface area contributed by atoms with Gasteiger partial charge in [0.25, 0.3) is 0 Å². The lowest BCUT2D eigenvalue weighted by Crippen LogP contribution is -2.30. The maximum Gasteiger partial charge on any atom is 0.239 e. The van der Waals surface area contributed by atoms with E-state index in [4.69, 9.17) is 0 Å². The molecule has 2 aromatic carbocycles. The van der Waals surface area contributed by atoms with Crippen LogP contribution in [0.2, 0.25) is 0 Å². The predicted octanol–water partition coefficient (Wildman–Crippen LogP) is 3.45. The molecule has 1 aliphatic heterocycles. The van der Waals surface area contributed by atoms with Crippen molar-refractivity contribution in [1.29, 1.82) is 0 Å². The third kappa shape index (κ3) is 2.68. The van der Waals surface area contributed by atoms with E-state index in [9.17, 15) is 8.42 Å². The molecule has 1 heterocycles. The largest absolute Gasteiger partial charge is 0.269 e. The van der Waals surface area contributed by atoms with Gasteiger partial charge in [0, 0.05) is 12.5 Å². The minimum atomic E-state index is -3.34. The third-order valence-corrected chi connectivity index (χ3v) is 5.70. The Hall–Kier alpha value is -1.81. The summed E-state index contributed by atoms with van der Waals surface area (Å²) in [6, 6.07) is 15.4. The Bertz CT molecular complexity index is 751. The molecule has 1 unspecified atom stereocenters. The highest BCUT2D eigenvalue weighted by atomic mass is 32.2. The fourth-order valence-corrected chi connectivity index (χ4v) is 4.50. The molecule has 0 bridgehead atoms. The topological polar surface area (TPSA) is 37.4 Å². The van der Waals surface area contributed by atoms with E-state index in [-0.39, 0.29) is 11.7 Å². The number of para-hydroxylation sites is 1. The SMILES string of the molecule is Cc1ccc(CS(=O)(=O)N2CC(C)c3ccccc32)cc1. The number of fused-ring (bicyclic) bond motifs is 1. The van der Waals surface area contributed by atoms with Crippen molar-refractivity contribution >= 4 is 15.7 Å². The molecule has 0 saturated carbocycles. The van der Waals surface area contributed by atoms with Crippen LogP contribution in [0.15, 0.2) is 48.5 Å². The van der Waals surface area contributed by atoms with Crippen LogP contribution in [0.3, 0.4) is 0 Å². The number of nitrogens with zero attached hydrogens (tertiary/aromatic N) is 1. The van der Waals surface area contributed by atoms with Crippen LogP contribution in [0.5, 0.6) is 0 Å². The highest BCUT2D eigenvalue weighted by Crippen LogP contribution is 2.38. The van der Waals surface area contributed by atoms with Gasteiger partial charge in [-0.25, -0.2) is 8.42 Å². The molecule has 2 aromatic rings. The molecule has 3 nitrogen and oxygen atoms in total. The van der Waals surface area contributed by atoms with E-state index >= 15 is 0 Å². The standard InChI is InChI=1S/C17H19NO2S/c1-13-7-9-15(10-8-13)12-21(19,20)18-11-14(2)16-5-3-4-6-17(16)18/h3-10,14H,11-12H2,1-2H3. The van der Waals surface area contributed by atoms with Crippen LogP contribution in [-0.4, -0.2) is 15.0 Å². The van der Waals surface area contributed by atoms with Gasteiger partial charge < -0.3 is 0 Å². The number of hydrogen-bond acceptors (Lipinski definition) is 2. The molecule has 0 spiro atoms. The first-order valence-electron chi connectivity index (χ1n) is 7.12. The maximum absolute atomic E-state index is 12.7. The normalized spacial score (nSPS) is 17.8. The van der Waals surface area contributed by atoms with Gasteiger partial charge in [-0.3, -0.25) is 4.31 Å². The fourth-order valence-electron chi connectivity index (χ4n) is 2.81. The van der Waals surface area contributed by atoms with E-state index in [0.29, 0.717) is 6.54 Å². The van der Waals surface area contributed by atoms with Crippen molar-refractivity contribution in [2.75, 3.05) is 10.8 Å². The Balaban J connectivity index is 1.91. The number of anilines is 1. The summed E-state index contributed by atoms with van der Waals surface area (Å²) in [6.45, 7) is 4.60. The number of sulfonamides is 1. The predicted molar refractivity (Wildman–Crippen MR) is 86.0 cm³/mol. The lowest BCUT2D eigenvalue weighted by atomic mass is 10.0. The second-order valence-electron chi connectivity index (χ2n) is 5.73. The average molecular weight is 301 g/mol. The van der Waals surface area contributed by atoms with Gasteiger partial charge in [0.1, 0.15) is 0 Å². The summed E-state index contributed by atoms with van der Waals surface area (Å²) in [4.78, 5) is 0. The zero-order valence-electron chi connectivity index (χ0n) is 12.3. The smallest absolute Gasteiger partial charge is 0.239 e. The summed E-state index contributed by atoms with van der Waals surface area (Å²) in [7, 11) is -3.34. The number of benzene rings is 2. The lowest BCUT2D eigenvalue weighted by molar-refractivity contribution is 0.589. The molecule has 3 rings (SSSR count). The summed E-state index contributed by atoms with van der Waals surface area (Å²) in [5, 5.41) is 0. The second kappa shape index (κ2) is 5.19. The van der Waals surface area contributed by atoms with Gasteiger partial charge in [0.2, 0.25) is 10.0 Å². The summed E-state index contributed by atoms with van der Waals surface area (Å²) in [5.41, 5.74) is 3.91. The fraction of sp³-hybridized carbons (Fsp3) is 0.294. The summed E-state index contributed by atoms with van der Waals surface area (Å²) in [5.74, 6) is 0.294. The van der Waals surface area contributed by atoms with Gasteiger partial charge in [-0.15, -0.1) is 0 Å². The van der Waals surface area contributed by atoms with Gasteiger partial charge in [-0.1, -0.05) is 55.0 Å². The van der Waals surface area contributed by atoms with E-state index < -0.39 is 10.0 Å². The Morgan fingerprint density at radius 3 is 2.48 bits per heavy atom. The highest BCUT2D eigenvalue weighted by Gasteiger charge is 2.33. The van der Waals surface area contributed by atoms with E-state index in [1.807, 2.05) is 55.5 Å². The molecule has 0 aromatic heterocycles. The van der Waals surface area contributed by atoms with Crippen molar-refractivity contribution in [2.24, 2.45) is 0 Å². The van der Waals surface area contributed by atoms with E-state index in [2.05, 4.69) is 6.92 Å². The van der Waals surface area contributed by atoms with Gasteiger partial charge >= 0.3 is 0 Å². The Morgan fingerprint density at radius 2 is 1.76 bits per heavy atom. The van der Waals surface area contributed by atoms with Gasteiger partial charge in [0.15, 0.2) is 0 Å². The molecule has 0 radical (unpaired) electrons. The van der Waals surface area contributed by atoms with E-state index in [0.717, 1.165) is 22.4 Å². The highest BCUT2D eigenvalue weighted by molar-refractivity contribution is 7.92. The zero-order chi connectivity index (χ0) is 15.0. The average Bonchev–Trinajstić information content (AvgIpc) is 2.80. The van der Waals surface area contributed by atoms with Gasteiger partial charge in [-0.2, -0.15) is 0 Å². The molecule has 0 saturated heterocycles. The Kier molecular flexibility index (Phi) is 3.49. The monoisotopic (exact) mass is 301 g/mol. The van der Waals surface area contributed by atoms with Crippen LogP contribution in [0, 0.1) is 6.92 Å². The minimum absolute atomic E-state index is 0.0499. The molecular weight excluding hydrogens is 282 g/mol. The molecular formula is C17H19NO2S. The van der Waals surface area contributed by atoms with Crippen LogP contribution in [0.25, 0.3) is 0 Å². The van der Waals surface area contributed by atoms with E-state index in [1.165, 1.54) is 0 Å². The minimum Gasteiger partial charge on any atom is -0.269 e. The third-order valence-electron chi connectivity index (χ3n) is 3.98.